The maximum absolute atomic E-state index is 12.1. The molecule has 3 nitrogen and oxygen atoms in total. The molecule has 3 rings (SSSR count). The summed E-state index contributed by atoms with van der Waals surface area (Å²) in [6, 6.07) is 0. The summed E-state index contributed by atoms with van der Waals surface area (Å²) in [5.41, 5.74) is -0.783. The van der Waals surface area contributed by atoms with Crippen molar-refractivity contribution in [1.82, 2.24) is 0 Å². The number of carbonyl (C=O) groups excluding carboxylic acids is 1. The van der Waals surface area contributed by atoms with Crippen molar-refractivity contribution in [2.24, 2.45) is 0 Å². The third-order valence-electron chi connectivity index (χ3n) is 4.60. The highest BCUT2D eigenvalue weighted by Crippen LogP contribution is 2.57. The average Bonchev–Trinajstić information content (AvgIpc) is 2.79. The van der Waals surface area contributed by atoms with Crippen LogP contribution in [0.4, 0.5) is 0 Å². The largest absolute Gasteiger partial charge is 0.460 e. The molecule has 0 aromatic rings. The summed E-state index contributed by atoms with van der Waals surface area (Å²) >= 11 is 0. The second-order valence-corrected chi connectivity index (χ2v) is 5.65. The SMILES string of the molecule is CC1(C(=O)OC2CCC2)OC12CCCCC2. The van der Waals surface area contributed by atoms with Gasteiger partial charge in [0.25, 0.3) is 0 Å². The second-order valence-electron chi connectivity index (χ2n) is 5.65. The Balaban J connectivity index is 1.63. The van der Waals surface area contributed by atoms with Gasteiger partial charge in [-0.25, -0.2) is 4.79 Å². The predicted octanol–water partition coefficient (Wildman–Crippen LogP) is 2.57. The van der Waals surface area contributed by atoms with Crippen molar-refractivity contribution in [3.8, 4) is 0 Å². The average molecular weight is 224 g/mol. The van der Waals surface area contributed by atoms with Gasteiger partial charge in [-0.1, -0.05) is 19.3 Å². The van der Waals surface area contributed by atoms with Gasteiger partial charge in [-0.2, -0.15) is 0 Å². The van der Waals surface area contributed by atoms with E-state index in [-0.39, 0.29) is 17.7 Å². The lowest BCUT2D eigenvalue weighted by Crippen LogP contribution is -2.38. The van der Waals surface area contributed by atoms with Crippen LogP contribution < -0.4 is 0 Å². The first-order valence-electron chi connectivity index (χ1n) is 6.58. The normalized spacial score (nSPS) is 36.8. The molecule has 0 aromatic carbocycles. The monoisotopic (exact) mass is 224 g/mol. The predicted molar refractivity (Wildman–Crippen MR) is 59.0 cm³/mol. The highest BCUT2D eigenvalue weighted by molar-refractivity contribution is 5.84. The lowest BCUT2D eigenvalue weighted by atomic mass is 9.80. The van der Waals surface area contributed by atoms with Crippen LogP contribution in [0.15, 0.2) is 0 Å². The fourth-order valence-electron chi connectivity index (χ4n) is 3.05. The molecular formula is C13H20O3. The molecule has 1 saturated heterocycles. The summed E-state index contributed by atoms with van der Waals surface area (Å²) in [6.45, 7) is 1.92. The molecule has 0 bridgehead atoms. The molecule has 1 unspecified atom stereocenters. The van der Waals surface area contributed by atoms with E-state index in [1.54, 1.807) is 0 Å². The van der Waals surface area contributed by atoms with E-state index in [0.717, 1.165) is 25.7 Å². The number of esters is 1. The van der Waals surface area contributed by atoms with Crippen LogP contribution in [0.5, 0.6) is 0 Å². The molecule has 3 fully saturated rings. The van der Waals surface area contributed by atoms with E-state index < -0.39 is 5.60 Å². The van der Waals surface area contributed by atoms with Crippen LogP contribution in [0.2, 0.25) is 0 Å². The lowest BCUT2D eigenvalue weighted by Gasteiger charge is -2.27. The van der Waals surface area contributed by atoms with Crippen molar-refractivity contribution >= 4 is 5.97 Å². The summed E-state index contributed by atoms with van der Waals surface area (Å²) in [5, 5.41) is 0. The van der Waals surface area contributed by atoms with Crippen LogP contribution in [-0.2, 0) is 14.3 Å². The molecule has 0 radical (unpaired) electrons. The summed E-state index contributed by atoms with van der Waals surface area (Å²) in [6.07, 6.45) is 9.16. The van der Waals surface area contributed by atoms with Gasteiger partial charge >= 0.3 is 5.97 Å². The molecule has 1 heterocycles. The molecule has 2 saturated carbocycles. The van der Waals surface area contributed by atoms with E-state index in [1.165, 1.54) is 25.7 Å². The summed E-state index contributed by atoms with van der Waals surface area (Å²) in [5.74, 6) is -0.112. The van der Waals surface area contributed by atoms with Crippen LogP contribution in [-0.4, -0.2) is 23.3 Å². The maximum atomic E-state index is 12.1. The molecule has 90 valence electrons. The molecule has 0 aromatic heterocycles. The Hall–Kier alpha value is -0.570. The molecule has 16 heavy (non-hydrogen) atoms. The molecule has 2 aliphatic carbocycles. The second kappa shape index (κ2) is 3.46. The quantitative estimate of drug-likeness (QED) is 0.534. The number of carbonyl (C=O) groups is 1. The molecule has 0 amide bonds. The Morgan fingerprint density at radius 2 is 1.88 bits per heavy atom. The number of ether oxygens (including phenoxy) is 2. The Morgan fingerprint density at radius 3 is 2.44 bits per heavy atom. The van der Waals surface area contributed by atoms with E-state index in [1.807, 2.05) is 6.92 Å². The van der Waals surface area contributed by atoms with E-state index in [0.29, 0.717) is 0 Å². The van der Waals surface area contributed by atoms with Crippen molar-refractivity contribution in [3.05, 3.63) is 0 Å². The van der Waals surface area contributed by atoms with Crippen LogP contribution in [0.3, 0.4) is 0 Å². The Kier molecular flexibility index (Phi) is 2.29. The van der Waals surface area contributed by atoms with Crippen LogP contribution in [0.25, 0.3) is 0 Å². The first-order valence-corrected chi connectivity index (χ1v) is 6.58. The van der Waals surface area contributed by atoms with Crippen LogP contribution in [0, 0.1) is 0 Å². The number of hydrogen-bond donors (Lipinski definition) is 0. The van der Waals surface area contributed by atoms with Crippen molar-refractivity contribution < 1.29 is 14.3 Å². The van der Waals surface area contributed by atoms with Gasteiger partial charge in [0.15, 0.2) is 5.60 Å². The number of epoxide rings is 1. The zero-order chi connectivity index (χ0) is 11.2. The topological polar surface area (TPSA) is 38.8 Å². The smallest absolute Gasteiger partial charge is 0.341 e. The van der Waals surface area contributed by atoms with Gasteiger partial charge < -0.3 is 9.47 Å². The minimum Gasteiger partial charge on any atom is -0.460 e. The van der Waals surface area contributed by atoms with Crippen molar-refractivity contribution in [3.63, 3.8) is 0 Å². The van der Waals surface area contributed by atoms with Gasteiger partial charge in [0.2, 0.25) is 0 Å². The highest BCUT2D eigenvalue weighted by atomic mass is 16.7. The summed E-state index contributed by atoms with van der Waals surface area (Å²) < 4.78 is 11.3. The zero-order valence-electron chi connectivity index (χ0n) is 9.96. The van der Waals surface area contributed by atoms with Crippen molar-refractivity contribution in [2.45, 2.75) is 75.6 Å². The first kappa shape index (κ1) is 10.6. The number of hydrogen-bond acceptors (Lipinski definition) is 3. The van der Waals surface area contributed by atoms with Crippen LogP contribution >= 0.6 is 0 Å². The highest BCUT2D eigenvalue weighted by Gasteiger charge is 2.72. The summed E-state index contributed by atoms with van der Waals surface area (Å²) in [4.78, 5) is 12.1. The summed E-state index contributed by atoms with van der Waals surface area (Å²) in [7, 11) is 0. The molecular weight excluding hydrogens is 204 g/mol. The lowest BCUT2D eigenvalue weighted by molar-refractivity contribution is -0.158. The molecule has 1 aliphatic heterocycles. The van der Waals surface area contributed by atoms with E-state index in [4.69, 9.17) is 9.47 Å². The van der Waals surface area contributed by atoms with Gasteiger partial charge in [0.05, 0.1) is 0 Å². The molecule has 1 atom stereocenters. The standard InChI is InChI=1S/C13H20O3/c1-12(11(14)15-10-6-5-7-10)13(16-12)8-3-2-4-9-13/h10H,2-9H2,1H3. The van der Waals surface area contributed by atoms with Crippen molar-refractivity contribution in [1.29, 1.82) is 0 Å². The van der Waals surface area contributed by atoms with E-state index in [2.05, 4.69) is 0 Å². The Morgan fingerprint density at radius 1 is 1.19 bits per heavy atom. The third-order valence-corrected chi connectivity index (χ3v) is 4.60. The zero-order valence-corrected chi connectivity index (χ0v) is 9.96. The maximum Gasteiger partial charge on any atom is 0.341 e. The van der Waals surface area contributed by atoms with Crippen LogP contribution in [0.1, 0.15) is 58.3 Å². The van der Waals surface area contributed by atoms with Crippen molar-refractivity contribution in [2.75, 3.05) is 0 Å². The molecule has 1 spiro atoms. The van der Waals surface area contributed by atoms with Gasteiger partial charge in [-0.3, -0.25) is 0 Å². The van der Waals surface area contributed by atoms with E-state index >= 15 is 0 Å². The Labute approximate surface area is 96.5 Å². The van der Waals surface area contributed by atoms with Gasteiger partial charge in [0, 0.05) is 0 Å². The minimum atomic E-state index is -0.622. The van der Waals surface area contributed by atoms with E-state index in [9.17, 15) is 4.79 Å². The molecule has 0 N–H and O–H groups in total. The van der Waals surface area contributed by atoms with Gasteiger partial charge in [0.1, 0.15) is 11.7 Å². The van der Waals surface area contributed by atoms with Gasteiger partial charge in [-0.05, 0) is 39.0 Å². The minimum absolute atomic E-state index is 0.112. The fourth-order valence-corrected chi connectivity index (χ4v) is 3.05. The number of rotatable bonds is 2. The first-order chi connectivity index (χ1) is 7.66. The van der Waals surface area contributed by atoms with Gasteiger partial charge in [-0.15, -0.1) is 0 Å². The Bertz CT molecular complexity index is 302. The molecule has 3 aliphatic rings. The molecule has 3 heteroatoms. The fraction of sp³-hybridized carbons (Fsp3) is 0.923. The third kappa shape index (κ3) is 1.41.